The van der Waals surface area contributed by atoms with Gasteiger partial charge in [0.25, 0.3) is 0 Å². The molecule has 290 valence electrons. The topological polar surface area (TPSA) is 9.86 Å². The average Bonchev–Trinajstić information content (AvgIpc) is 3.70. The molecule has 2 heteroatoms. The van der Waals surface area contributed by atoms with Gasteiger partial charge in [-0.2, -0.15) is 0 Å². The zero-order valence-electron chi connectivity index (χ0n) is 34.0. The van der Waals surface area contributed by atoms with Crippen LogP contribution < -0.4 is 0 Å². The molecule has 62 heavy (non-hydrogen) atoms. The molecule has 0 aliphatic carbocycles. The summed E-state index contributed by atoms with van der Waals surface area (Å²) < 4.78 is 4.86. The number of aromatic nitrogens is 2. The number of benzene rings is 10. The third kappa shape index (κ3) is 5.96. The van der Waals surface area contributed by atoms with Crippen molar-refractivity contribution >= 4 is 65.2 Å². The molecule has 0 amide bonds. The van der Waals surface area contributed by atoms with Crippen LogP contribution >= 0.6 is 0 Å². The van der Waals surface area contributed by atoms with Gasteiger partial charge in [-0.1, -0.05) is 176 Å². The molecule has 0 fully saturated rings. The minimum atomic E-state index is 1.10. The second kappa shape index (κ2) is 14.8. The van der Waals surface area contributed by atoms with Crippen molar-refractivity contribution in [2.24, 2.45) is 0 Å². The Labute approximate surface area is 360 Å². The number of hydrogen-bond donors (Lipinski definition) is 0. The van der Waals surface area contributed by atoms with Gasteiger partial charge in [0.2, 0.25) is 0 Å². The molecule has 0 atom stereocenters. The van der Waals surface area contributed by atoms with E-state index >= 15 is 0 Å². The lowest BCUT2D eigenvalue weighted by molar-refractivity contribution is 1.17. The molecule has 2 aromatic heterocycles. The quantitative estimate of drug-likeness (QED) is 0.164. The third-order valence-corrected chi connectivity index (χ3v) is 12.6. The number of fused-ring (bicyclic) bond motifs is 10. The van der Waals surface area contributed by atoms with E-state index < -0.39 is 0 Å². The highest BCUT2D eigenvalue weighted by atomic mass is 15.0. The van der Waals surface area contributed by atoms with Crippen molar-refractivity contribution in [2.45, 2.75) is 0 Å². The van der Waals surface area contributed by atoms with Gasteiger partial charge in [0.1, 0.15) is 0 Å². The summed E-state index contributed by atoms with van der Waals surface area (Å²) in [6.07, 6.45) is 0. The van der Waals surface area contributed by atoms with E-state index in [0.29, 0.717) is 0 Å². The third-order valence-electron chi connectivity index (χ3n) is 12.6. The Bertz CT molecular complexity index is 3710. The number of nitrogens with zero attached hydrogens (tertiary/aromatic N) is 2. The second-order valence-corrected chi connectivity index (χ2v) is 16.1. The largest absolute Gasteiger partial charge is 0.309 e. The van der Waals surface area contributed by atoms with Gasteiger partial charge in [-0.15, -0.1) is 0 Å². The lowest BCUT2D eigenvalue weighted by atomic mass is 9.97. The SMILES string of the molecule is c1ccc(-c2ccc(-n3c4ccc(-c5ccccc5)cc4c4ccccc4c4ccccc4c4cc(-c5ccc6c(c5)c5ccccc5n6-c5ccccc5)ccc43)cc2)cc1. The van der Waals surface area contributed by atoms with E-state index in [1.165, 1.54) is 87.5 Å². The molecular formula is C60H40N2. The number of para-hydroxylation sites is 2. The van der Waals surface area contributed by atoms with Crippen LogP contribution in [0.4, 0.5) is 0 Å². The van der Waals surface area contributed by atoms with E-state index in [9.17, 15) is 0 Å². The molecule has 12 rings (SSSR count). The summed E-state index contributed by atoms with van der Waals surface area (Å²) in [7, 11) is 0. The standard InChI is InChI=1S/C60H40N2/c1-4-16-41(17-5-1)43-28-33-48(34-29-43)62-58-35-30-44(42-18-6-2-7-19-42)38-54(58)51-24-12-10-22-49(51)50-23-11-13-25-52(50)55-39-45(31-36-59(55)62)46-32-37-60-56(40-46)53-26-14-15-27-57(53)61(60)47-20-8-3-9-21-47/h1-40H. The normalized spacial score (nSPS) is 11.5. The maximum atomic E-state index is 2.48. The summed E-state index contributed by atoms with van der Waals surface area (Å²) in [4.78, 5) is 0. The minimum Gasteiger partial charge on any atom is -0.309 e. The second-order valence-electron chi connectivity index (χ2n) is 16.1. The summed E-state index contributed by atoms with van der Waals surface area (Å²) in [5.41, 5.74) is 14.0. The Hall–Kier alpha value is -8.20. The highest BCUT2D eigenvalue weighted by molar-refractivity contribution is 6.20. The van der Waals surface area contributed by atoms with Crippen LogP contribution in [0, 0.1) is 0 Å². The molecule has 0 saturated heterocycles. The Morgan fingerprint density at radius 1 is 0.177 bits per heavy atom. The molecule has 0 radical (unpaired) electrons. The molecular weight excluding hydrogens is 749 g/mol. The number of hydrogen-bond acceptors (Lipinski definition) is 0. The Balaban J connectivity index is 1.19. The molecule has 0 saturated carbocycles. The molecule has 2 heterocycles. The van der Waals surface area contributed by atoms with E-state index in [0.717, 1.165) is 22.4 Å². The van der Waals surface area contributed by atoms with Gasteiger partial charge in [0.05, 0.1) is 22.1 Å². The van der Waals surface area contributed by atoms with Gasteiger partial charge in [-0.25, -0.2) is 0 Å². The fraction of sp³-hybridized carbons (Fsp3) is 0. The van der Waals surface area contributed by atoms with Crippen LogP contribution in [0.15, 0.2) is 243 Å². The fourth-order valence-corrected chi connectivity index (χ4v) is 9.64. The van der Waals surface area contributed by atoms with Crippen molar-refractivity contribution < 1.29 is 0 Å². The predicted molar refractivity (Wildman–Crippen MR) is 264 cm³/mol. The Morgan fingerprint density at radius 2 is 0.468 bits per heavy atom. The van der Waals surface area contributed by atoms with Crippen LogP contribution in [0.1, 0.15) is 0 Å². The smallest absolute Gasteiger partial charge is 0.0541 e. The highest BCUT2D eigenvalue weighted by Gasteiger charge is 2.16. The first-order chi connectivity index (χ1) is 30.8. The maximum absolute atomic E-state index is 2.48. The fourth-order valence-electron chi connectivity index (χ4n) is 9.64. The zero-order valence-corrected chi connectivity index (χ0v) is 34.0. The maximum Gasteiger partial charge on any atom is 0.0541 e. The highest BCUT2D eigenvalue weighted by Crippen LogP contribution is 2.39. The first kappa shape index (κ1) is 35.7. The van der Waals surface area contributed by atoms with E-state index in [1.807, 2.05) is 0 Å². The zero-order chi connectivity index (χ0) is 41.0. The van der Waals surface area contributed by atoms with Crippen molar-refractivity contribution in [3.63, 3.8) is 0 Å². The lowest BCUT2D eigenvalue weighted by Gasteiger charge is -2.16. The Morgan fingerprint density at radius 3 is 0.952 bits per heavy atom. The van der Waals surface area contributed by atoms with Crippen LogP contribution in [-0.2, 0) is 0 Å². The van der Waals surface area contributed by atoms with Gasteiger partial charge in [0, 0.05) is 32.9 Å². The van der Waals surface area contributed by atoms with Crippen LogP contribution in [0.3, 0.4) is 0 Å². The molecule has 2 nitrogen and oxygen atoms in total. The average molecular weight is 789 g/mol. The molecule has 0 aliphatic heterocycles. The predicted octanol–water partition coefficient (Wildman–Crippen LogP) is 16.3. The van der Waals surface area contributed by atoms with Crippen molar-refractivity contribution in [3.05, 3.63) is 243 Å². The molecule has 12 aromatic rings. The summed E-state index contributed by atoms with van der Waals surface area (Å²) in [5.74, 6) is 0. The summed E-state index contributed by atoms with van der Waals surface area (Å²) in [6.45, 7) is 0. The van der Waals surface area contributed by atoms with Crippen molar-refractivity contribution in [3.8, 4) is 44.8 Å². The van der Waals surface area contributed by atoms with Crippen LogP contribution in [-0.4, -0.2) is 9.13 Å². The van der Waals surface area contributed by atoms with E-state index in [-0.39, 0.29) is 0 Å². The van der Waals surface area contributed by atoms with Gasteiger partial charge < -0.3 is 9.13 Å². The van der Waals surface area contributed by atoms with Gasteiger partial charge >= 0.3 is 0 Å². The van der Waals surface area contributed by atoms with Gasteiger partial charge in [-0.05, 0) is 122 Å². The van der Waals surface area contributed by atoms with Crippen molar-refractivity contribution in [1.82, 2.24) is 9.13 Å². The van der Waals surface area contributed by atoms with Crippen LogP contribution in [0.2, 0.25) is 0 Å². The minimum absolute atomic E-state index is 1.10. The van der Waals surface area contributed by atoms with E-state index in [2.05, 4.69) is 252 Å². The molecule has 0 N–H and O–H groups in total. The molecule has 10 aromatic carbocycles. The van der Waals surface area contributed by atoms with E-state index in [1.54, 1.807) is 0 Å². The lowest BCUT2D eigenvalue weighted by Crippen LogP contribution is -1.98. The Kier molecular flexibility index (Phi) is 8.53. The molecule has 0 spiro atoms. The number of rotatable bonds is 5. The summed E-state index contributed by atoms with van der Waals surface area (Å²) >= 11 is 0. The van der Waals surface area contributed by atoms with Crippen molar-refractivity contribution in [2.75, 3.05) is 0 Å². The molecule has 0 aliphatic rings. The molecule has 0 bridgehead atoms. The van der Waals surface area contributed by atoms with Crippen LogP contribution in [0.25, 0.3) is 110 Å². The molecule has 0 unspecified atom stereocenters. The van der Waals surface area contributed by atoms with Crippen molar-refractivity contribution in [1.29, 1.82) is 0 Å². The first-order valence-electron chi connectivity index (χ1n) is 21.3. The van der Waals surface area contributed by atoms with Crippen LogP contribution in [0.5, 0.6) is 0 Å². The van der Waals surface area contributed by atoms with Gasteiger partial charge in [-0.3, -0.25) is 0 Å². The van der Waals surface area contributed by atoms with Gasteiger partial charge in [0.15, 0.2) is 0 Å². The summed E-state index contributed by atoms with van der Waals surface area (Å²) in [5, 5.41) is 9.65. The first-order valence-corrected chi connectivity index (χ1v) is 21.3. The van der Waals surface area contributed by atoms with E-state index in [4.69, 9.17) is 0 Å². The summed E-state index contributed by atoms with van der Waals surface area (Å²) in [6, 6.07) is 88.8. The monoisotopic (exact) mass is 788 g/mol.